The molecule has 3 aromatic heterocycles. The van der Waals surface area contributed by atoms with E-state index in [2.05, 4.69) is 30.6 Å². The predicted molar refractivity (Wildman–Crippen MR) is 126 cm³/mol. The summed E-state index contributed by atoms with van der Waals surface area (Å²) in [5, 5.41) is 5.42. The number of hydrogen-bond acceptors (Lipinski definition) is 7. The molecule has 0 bridgehead atoms. The third kappa shape index (κ3) is 4.51. The molecule has 1 aliphatic carbocycles. The van der Waals surface area contributed by atoms with Crippen LogP contribution in [0.3, 0.4) is 0 Å². The molecule has 14 heteroatoms. The number of imidazole rings is 2. The van der Waals surface area contributed by atoms with Gasteiger partial charge in [-0.3, -0.25) is 4.79 Å². The molecular formula is C22H20F3N7O3S. The van der Waals surface area contributed by atoms with E-state index in [1.54, 1.807) is 30.2 Å². The van der Waals surface area contributed by atoms with E-state index >= 15 is 0 Å². The fourth-order valence-electron chi connectivity index (χ4n) is 3.80. The second-order valence-corrected chi connectivity index (χ2v) is 10.5. The molecule has 2 unspecified atom stereocenters. The fourth-order valence-corrected chi connectivity index (χ4v) is 4.66. The molecule has 1 aliphatic rings. The third-order valence-corrected chi connectivity index (χ3v) is 6.89. The van der Waals surface area contributed by atoms with Gasteiger partial charge in [0.15, 0.2) is 21.3 Å². The van der Waals surface area contributed by atoms with Gasteiger partial charge in [0.2, 0.25) is 5.91 Å². The average molecular weight is 520 g/mol. The maximum absolute atomic E-state index is 13.3. The van der Waals surface area contributed by atoms with Crippen LogP contribution < -0.4 is 10.6 Å². The standard InChI is InChI=1S/C22H20F3N7O3S/c1-32-9-26-8-15(32)10-3-4-13(16(5-10)36(2,34)35)27-14-7-17(29-22(33)11-6-12(11)23)28-20-18(14)30-21(31-20)19(24)25/h3-5,7-9,11-12,19H,6H2,1-2H3,(H3,27,28,29,30,31,33). The van der Waals surface area contributed by atoms with Crippen molar-refractivity contribution < 1.29 is 26.4 Å². The summed E-state index contributed by atoms with van der Waals surface area (Å²) in [5.74, 6) is -2.09. The molecule has 1 aromatic carbocycles. The minimum absolute atomic E-state index is 0.0474. The number of rotatable bonds is 7. The number of carbonyl (C=O) groups excluding carboxylic acids is 1. The zero-order valence-corrected chi connectivity index (χ0v) is 19.8. The number of aryl methyl sites for hydroxylation is 1. The van der Waals surface area contributed by atoms with Gasteiger partial charge in [0.25, 0.3) is 6.43 Å². The van der Waals surface area contributed by atoms with Gasteiger partial charge in [-0.05, 0) is 18.6 Å². The van der Waals surface area contributed by atoms with Crippen LogP contribution in [0.25, 0.3) is 22.4 Å². The van der Waals surface area contributed by atoms with E-state index in [1.165, 1.54) is 18.2 Å². The summed E-state index contributed by atoms with van der Waals surface area (Å²) in [6, 6.07) is 6.03. The molecule has 5 rings (SSSR count). The highest BCUT2D eigenvalue weighted by Crippen LogP contribution is 2.36. The molecule has 1 fully saturated rings. The van der Waals surface area contributed by atoms with E-state index in [4.69, 9.17) is 0 Å². The van der Waals surface area contributed by atoms with E-state index in [1.807, 2.05) is 0 Å². The molecule has 4 aromatic rings. The average Bonchev–Trinajstić information content (AvgIpc) is 3.16. The first kappa shape index (κ1) is 23.8. The van der Waals surface area contributed by atoms with Crippen molar-refractivity contribution in [1.82, 2.24) is 24.5 Å². The number of aromatic nitrogens is 5. The van der Waals surface area contributed by atoms with Gasteiger partial charge >= 0.3 is 0 Å². The van der Waals surface area contributed by atoms with Gasteiger partial charge in [-0.2, -0.15) is 0 Å². The molecule has 3 N–H and O–H groups in total. The lowest BCUT2D eigenvalue weighted by molar-refractivity contribution is -0.117. The first-order valence-electron chi connectivity index (χ1n) is 10.7. The first-order chi connectivity index (χ1) is 17.0. The Morgan fingerprint density at radius 2 is 1.97 bits per heavy atom. The number of anilines is 3. The van der Waals surface area contributed by atoms with E-state index in [0.717, 1.165) is 6.26 Å². The number of nitrogens with zero attached hydrogens (tertiary/aromatic N) is 4. The maximum atomic E-state index is 13.3. The lowest BCUT2D eigenvalue weighted by Gasteiger charge is -2.14. The Morgan fingerprint density at radius 3 is 2.58 bits per heavy atom. The highest BCUT2D eigenvalue weighted by atomic mass is 32.2. The van der Waals surface area contributed by atoms with Crippen LogP contribution in [0, 0.1) is 5.92 Å². The molecule has 0 radical (unpaired) electrons. The van der Waals surface area contributed by atoms with Gasteiger partial charge in [0.05, 0.1) is 40.4 Å². The van der Waals surface area contributed by atoms with Crippen molar-refractivity contribution in [2.75, 3.05) is 16.9 Å². The molecule has 2 atom stereocenters. The molecule has 1 amide bonds. The number of sulfone groups is 1. The highest BCUT2D eigenvalue weighted by molar-refractivity contribution is 7.90. The second-order valence-electron chi connectivity index (χ2n) is 8.52. The quantitative estimate of drug-likeness (QED) is 0.339. The van der Waals surface area contributed by atoms with Crippen LogP contribution in [-0.4, -0.2) is 51.3 Å². The monoisotopic (exact) mass is 519 g/mol. The van der Waals surface area contributed by atoms with Gasteiger partial charge in [-0.15, -0.1) is 0 Å². The summed E-state index contributed by atoms with van der Waals surface area (Å²) in [5.41, 5.74) is 1.52. The Labute approximate surface area is 202 Å². The number of amides is 1. The molecular weight excluding hydrogens is 499 g/mol. The minimum Gasteiger partial charge on any atom is -0.353 e. The molecule has 10 nitrogen and oxygen atoms in total. The Morgan fingerprint density at radius 1 is 1.22 bits per heavy atom. The number of alkyl halides is 3. The molecule has 36 heavy (non-hydrogen) atoms. The van der Waals surface area contributed by atoms with Crippen molar-refractivity contribution in [3.05, 3.63) is 42.6 Å². The van der Waals surface area contributed by atoms with Crippen LogP contribution in [0.1, 0.15) is 18.7 Å². The van der Waals surface area contributed by atoms with Crippen LogP contribution in [0.15, 0.2) is 41.7 Å². The normalized spacial score (nSPS) is 17.5. The Hall–Kier alpha value is -3.94. The SMILES string of the molecule is Cn1cncc1-c1ccc(Nc2cc(NC(=O)C3CC3F)nc3nc(C(F)F)[nH]c23)c(S(C)(=O)=O)c1. The summed E-state index contributed by atoms with van der Waals surface area (Å²) in [6.07, 6.45) is 0.150. The van der Waals surface area contributed by atoms with Gasteiger partial charge in [-0.25, -0.2) is 36.5 Å². The maximum Gasteiger partial charge on any atom is 0.295 e. The molecule has 0 aliphatic heterocycles. The van der Waals surface area contributed by atoms with Crippen molar-refractivity contribution in [3.8, 4) is 11.3 Å². The first-order valence-corrected chi connectivity index (χ1v) is 12.6. The van der Waals surface area contributed by atoms with Crippen LogP contribution in [-0.2, 0) is 21.7 Å². The summed E-state index contributed by atoms with van der Waals surface area (Å²) < 4.78 is 67.0. The largest absolute Gasteiger partial charge is 0.353 e. The number of aromatic amines is 1. The summed E-state index contributed by atoms with van der Waals surface area (Å²) >= 11 is 0. The molecule has 3 heterocycles. The zero-order chi connectivity index (χ0) is 25.8. The third-order valence-electron chi connectivity index (χ3n) is 5.75. The number of carbonyl (C=O) groups is 1. The number of fused-ring (bicyclic) bond motifs is 1. The Kier molecular flexibility index (Phi) is 5.70. The van der Waals surface area contributed by atoms with Crippen molar-refractivity contribution in [2.24, 2.45) is 13.0 Å². The number of benzene rings is 1. The minimum atomic E-state index is -3.74. The number of halogens is 3. The van der Waals surface area contributed by atoms with Gasteiger partial charge < -0.3 is 20.2 Å². The molecule has 1 saturated carbocycles. The summed E-state index contributed by atoms with van der Waals surface area (Å²) in [6.45, 7) is 0. The molecule has 0 saturated heterocycles. The Balaban J connectivity index is 1.59. The van der Waals surface area contributed by atoms with E-state index in [-0.39, 0.29) is 39.7 Å². The fraction of sp³-hybridized carbons (Fsp3) is 0.273. The molecule has 188 valence electrons. The topological polar surface area (TPSA) is 135 Å². The highest BCUT2D eigenvalue weighted by Gasteiger charge is 2.43. The zero-order valence-electron chi connectivity index (χ0n) is 19.0. The van der Waals surface area contributed by atoms with E-state index in [0.29, 0.717) is 11.3 Å². The lowest BCUT2D eigenvalue weighted by atomic mass is 10.1. The number of pyridine rings is 1. The lowest BCUT2D eigenvalue weighted by Crippen LogP contribution is -2.16. The second kappa shape index (κ2) is 8.62. The van der Waals surface area contributed by atoms with Crippen molar-refractivity contribution in [3.63, 3.8) is 0 Å². The Bertz CT molecular complexity index is 1600. The van der Waals surface area contributed by atoms with E-state index < -0.39 is 40.1 Å². The number of nitrogens with one attached hydrogen (secondary N) is 3. The van der Waals surface area contributed by atoms with Crippen molar-refractivity contribution in [2.45, 2.75) is 23.9 Å². The summed E-state index contributed by atoms with van der Waals surface area (Å²) in [4.78, 5) is 26.6. The van der Waals surface area contributed by atoms with Crippen LogP contribution in [0.5, 0.6) is 0 Å². The van der Waals surface area contributed by atoms with Crippen LogP contribution in [0.4, 0.5) is 30.4 Å². The van der Waals surface area contributed by atoms with Gasteiger partial charge in [0.1, 0.15) is 17.5 Å². The van der Waals surface area contributed by atoms with Gasteiger partial charge in [0, 0.05) is 24.9 Å². The van der Waals surface area contributed by atoms with Crippen LogP contribution in [0.2, 0.25) is 0 Å². The molecule has 0 spiro atoms. The number of H-pyrrole nitrogens is 1. The van der Waals surface area contributed by atoms with Gasteiger partial charge in [-0.1, -0.05) is 6.07 Å². The van der Waals surface area contributed by atoms with Crippen molar-refractivity contribution >= 4 is 44.1 Å². The number of hydrogen-bond donors (Lipinski definition) is 3. The summed E-state index contributed by atoms with van der Waals surface area (Å²) in [7, 11) is -1.98. The predicted octanol–water partition coefficient (Wildman–Crippen LogP) is 3.74. The smallest absolute Gasteiger partial charge is 0.295 e. The van der Waals surface area contributed by atoms with E-state index in [9.17, 15) is 26.4 Å². The van der Waals surface area contributed by atoms with Crippen LogP contribution >= 0.6 is 0 Å². The van der Waals surface area contributed by atoms with Crippen molar-refractivity contribution in [1.29, 1.82) is 0 Å².